The molecule has 1 amide bonds. The quantitative estimate of drug-likeness (QED) is 0.339. The lowest BCUT2D eigenvalue weighted by molar-refractivity contribution is -0.131. The number of carbonyl (C=O) groups excluding carboxylic acids is 1. The van der Waals surface area contributed by atoms with E-state index < -0.39 is 36.7 Å². The number of aliphatic hydroxyl groups is 4. The molecule has 6 N–H and O–H groups in total. The van der Waals surface area contributed by atoms with Gasteiger partial charge in [0.2, 0.25) is 5.91 Å². The van der Waals surface area contributed by atoms with Gasteiger partial charge in [0.05, 0.1) is 30.8 Å². The third kappa shape index (κ3) is 4.57. The molecule has 0 bridgehead atoms. The molecule has 6 heteroatoms. The van der Waals surface area contributed by atoms with Gasteiger partial charge in [-0.2, -0.15) is 0 Å². The van der Waals surface area contributed by atoms with E-state index in [2.05, 4.69) is 0 Å². The molecule has 0 aliphatic heterocycles. The number of hydrogen-bond acceptors (Lipinski definition) is 5. The van der Waals surface area contributed by atoms with Gasteiger partial charge in [-0.1, -0.05) is 6.92 Å². The Labute approximate surface area is 88.3 Å². The van der Waals surface area contributed by atoms with Crippen molar-refractivity contribution in [3.05, 3.63) is 0 Å². The van der Waals surface area contributed by atoms with Gasteiger partial charge in [0.1, 0.15) is 0 Å². The van der Waals surface area contributed by atoms with E-state index in [1.165, 1.54) is 6.92 Å². The molecule has 2 atom stereocenters. The predicted molar refractivity (Wildman–Crippen MR) is 52.7 cm³/mol. The topological polar surface area (TPSA) is 124 Å². The van der Waals surface area contributed by atoms with Crippen LogP contribution < -0.4 is 5.73 Å². The molecule has 0 saturated heterocycles. The Balaban J connectivity index is 4.52. The molecule has 0 aromatic carbocycles. The van der Waals surface area contributed by atoms with Crippen LogP contribution in [0.15, 0.2) is 0 Å². The monoisotopic (exact) mass is 221 g/mol. The zero-order chi connectivity index (χ0) is 12.1. The second kappa shape index (κ2) is 6.02. The van der Waals surface area contributed by atoms with Gasteiger partial charge < -0.3 is 26.2 Å². The zero-order valence-corrected chi connectivity index (χ0v) is 8.76. The van der Waals surface area contributed by atoms with E-state index in [-0.39, 0.29) is 12.8 Å². The lowest BCUT2D eigenvalue weighted by Gasteiger charge is -2.29. The molecular formula is C9H19NO5. The molecule has 0 aliphatic rings. The molecule has 0 saturated carbocycles. The number of amides is 1. The van der Waals surface area contributed by atoms with E-state index >= 15 is 0 Å². The van der Waals surface area contributed by atoms with Crippen molar-refractivity contribution < 1.29 is 25.2 Å². The van der Waals surface area contributed by atoms with Gasteiger partial charge in [-0.15, -0.1) is 0 Å². The van der Waals surface area contributed by atoms with Crippen molar-refractivity contribution in [2.24, 2.45) is 11.1 Å². The zero-order valence-electron chi connectivity index (χ0n) is 8.76. The average molecular weight is 221 g/mol. The summed E-state index contributed by atoms with van der Waals surface area (Å²) in [7, 11) is 0. The summed E-state index contributed by atoms with van der Waals surface area (Å²) in [4.78, 5) is 11.2. The standard InChI is InChI=1S/C9H19NO5/c1-9(8(10)15,2-6(13)4-11)3-7(14)5-12/h6-7,11-14H,2-5H2,1H3,(H2,10,15). The highest BCUT2D eigenvalue weighted by Crippen LogP contribution is 2.28. The van der Waals surface area contributed by atoms with Crippen molar-refractivity contribution in [3.8, 4) is 0 Å². The van der Waals surface area contributed by atoms with Crippen molar-refractivity contribution >= 4 is 5.91 Å². The van der Waals surface area contributed by atoms with Crippen LogP contribution in [0.2, 0.25) is 0 Å². The average Bonchev–Trinajstić information content (AvgIpc) is 2.16. The van der Waals surface area contributed by atoms with Gasteiger partial charge >= 0.3 is 0 Å². The van der Waals surface area contributed by atoms with Crippen LogP contribution in [0.25, 0.3) is 0 Å². The number of primary amides is 1. The normalized spacial score (nSPS) is 19.3. The third-order valence-corrected chi connectivity index (χ3v) is 2.39. The van der Waals surface area contributed by atoms with Gasteiger partial charge in [-0.3, -0.25) is 4.79 Å². The highest BCUT2D eigenvalue weighted by Gasteiger charge is 2.35. The molecule has 90 valence electrons. The summed E-state index contributed by atoms with van der Waals surface area (Å²) < 4.78 is 0. The fourth-order valence-electron chi connectivity index (χ4n) is 1.45. The molecule has 2 unspecified atom stereocenters. The van der Waals surface area contributed by atoms with Crippen LogP contribution in [0.5, 0.6) is 0 Å². The summed E-state index contributed by atoms with van der Waals surface area (Å²) in [5.74, 6) is -0.678. The maximum absolute atomic E-state index is 11.2. The largest absolute Gasteiger partial charge is 0.394 e. The SMILES string of the molecule is CC(CC(O)CO)(CC(O)CO)C(N)=O. The van der Waals surface area contributed by atoms with Crippen molar-refractivity contribution in [3.63, 3.8) is 0 Å². The first-order valence-corrected chi connectivity index (χ1v) is 4.73. The number of rotatable bonds is 7. The van der Waals surface area contributed by atoms with Crippen molar-refractivity contribution in [2.75, 3.05) is 13.2 Å². The Kier molecular flexibility index (Phi) is 5.74. The first kappa shape index (κ1) is 14.3. The molecule has 15 heavy (non-hydrogen) atoms. The minimum Gasteiger partial charge on any atom is -0.394 e. The smallest absolute Gasteiger partial charge is 0.223 e. The van der Waals surface area contributed by atoms with Gasteiger partial charge in [0.25, 0.3) is 0 Å². The molecule has 0 spiro atoms. The Morgan fingerprint density at radius 1 is 1.20 bits per heavy atom. The molecule has 0 radical (unpaired) electrons. The highest BCUT2D eigenvalue weighted by molar-refractivity contribution is 5.80. The van der Waals surface area contributed by atoms with Gasteiger partial charge in [-0.05, 0) is 12.8 Å². The summed E-state index contributed by atoms with van der Waals surface area (Å²) >= 11 is 0. The van der Waals surface area contributed by atoms with Crippen LogP contribution in [-0.2, 0) is 4.79 Å². The molecule has 0 aliphatic carbocycles. The first-order chi connectivity index (χ1) is 6.85. The number of carbonyl (C=O) groups is 1. The minimum atomic E-state index is -1.13. The van der Waals surface area contributed by atoms with Gasteiger partial charge in [0, 0.05) is 0 Å². The van der Waals surface area contributed by atoms with Crippen LogP contribution in [0.4, 0.5) is 0 Å². The lowest BCUT2D eigenvalue weighted by Crippen LogP contribution is -2.41. The van der Waals surface area contributed by atoms with E-state index in [9.17, 15) is 15.0 Å². The molecule has 0 aromatic heterocycles. The maximum atomic E-state index is 11.2. The van der Waals surface area contributed by atoms with Crippen LogP contribution >= 0.6 is 0 Å². The van der Waals surface area contributed by atoms with E-state index in [1.54, 1.807) is 0 Å². The third-order valence-electron chi connectivity index (χ3n) is 2.39. The predicted octanol–water partition coefficient (Wildman–Crippen LogP) is -2.04. The van der Waals surface area contributed by atoms with E-state index in [0.717, 1.165) is 0 Å². The van der Waals surface area contributed by atoms with Crippen molar-refractivity contribution in [1.82, 2.24) is 0 Å². The second-order valence-corrected chi connectivity index (χ2v) is 4.01. The molecule has 0 rings (SSSR count). The van der Waals surface area contributed by atoms with E-state index in [0.29, 0.717) is 0 Å². The summed E-state index contributed by atoms with van der Waals surface area (Å²) in [5.41, 5.74) is 4.02. The number of nitrogens with two attached hydrogens (primary N) is 1. The van der Waals surface area contributed by atoms with Crippen LogP contribution in [0, 0.1) is 5.41 Å². The molecule has 6 nitrogen and oxygen atoms in total. The Hall–Kier alpha value is -0.690. The number of aliphatic hydroxyl groups excluding tert-OH is 4. The second-order valence-electron chi connectivity index (χ2n) is 4.01. The van der Waals surface area contributed by atoms with E-state index in [4.69, 9.17) is 15.9 Å². The number of hydrogen-bond donors (Lipinski definition) is 5. The maximum Gasteiger partial charge on any atom is 0.223 e. The van der Waals surface area contributed by atoms with Gasteiger partial charge in [-0.25, -0.2) is 0 Å². The fraction of sp³-hybridized carbons (Fsp3) is 0.889. The molecule has 0 aromatic rings. The summed E-state index contributed by atoms with van der Waals surface area (Å²) in [6.45, 7) is 0.531. The van der Waals surface area contributed by atoms with Crippen molar-refractivity contribution in [2.45, 2.75) is 32.0 Å². The van der Waals surface area contributed by atoms with Crippen molar-refractivity contribution in [1.29, 1.82) is 0 Å². The summed E-state index contributed by atoms with van der Waals surface area (Å²) in [6.07, 6.45) is -2.21. The summed E-state index contributed by atoms with van der Waals surface area (Å²) in [6, 6.07) is 0. The van der Waals surface area contributed by atoms with E-state index in [1.807, 2.05) is 0 Å². The molecule has 0 heterocycles. The highest BCUT2D eigenvalue weighted by atomic mass is 16.3. The Morgan fingerprint density at radius 3 is 1.73 bits per heavy atom. The van der Waals surface area contributed by atoms with Crippen LogP contribution in [0.1, 0.15) is 19.8 Å². The lowest BCUT2D eigenvalue weighted by atomic mass is 9.79. The summed E-state index contributed by atoms with van der Waals surface area (Å²) in [5, 5.41) is 35.8. The van der Waals surface area contributed by atoms with Crippen LogP contribution in [0.3, 0.4) is 0 Å². The fourth-order valence-corrected chi connectivity index (χ4v) is 1.45. The molecule has 0 fully saturated rings. The first-order valence-electron chi connectivity index (χ1n) is 4.73. The minimum absolute atomic E-state index is 0.0457. The van der Waals surface area contributed by atoms with Gasteiger partial charge in [0.15, 0.2) is 0 Å². The molecular weight excluding hydrogens is 202 g/mol. The van der Waals surface area contributed by atoms with Crippen LogP contribution in [-0.4, -0.2) is 51.8 Å². The Morgan fingerprint density at radius 2 is 1.53 bits per heavy atom. The Bertz CT molecular complexity index is 197.